The molecule has 1 saturated heterocycles. The highest BCUT2D eigenvalue weighted by Gasteiger charge is 2.48. The molecule has 0 amide bonds. The van der Waals surface area contributed by atoms with Gasteiger partial charge in [-0.25, -0.2) is 0 Å². The van der Waals surface area contributed by atoms with Gasteiger partial charge in [-0.15, -0.1) is 0 Å². The predicted octanol–water partition coefficient (Wildman–Crippen LogP) is 0.661. The predicted molar refractivity (Wildman–Crippen MR) is 39.1 cm³/mol. The molecule has 0 unspecified atom stereocenters. The van der Waals surface area contributed by atoms with Gasteiger partial charge in [0.25, 0.3) is 0 Å². The Labute approximate surface area is 66.3 Å². The van der Waals surface area contributed by atoms with Gasteiger partial charge in [-0.05, 0) is 26.7 Å². The van der Waals surface area contributed by atoms with Crippen LogP contribution in [0, 0.1) is 0 Å². The van der Waals surface area contributed by atoms with Gasteiger partial charge in [-0.3, -0.25) is 0 Å². The van der Waals surface area contributed by atoms with Crippen LogP contribution < -0.4 is 0 Å². The second kappa shape index (κ2) is 2.19. The summed E-state index contributed by atoms with van der Waals surface area (Å²) in [4.78, 5) is 0. The fourth-order valence-electron chi connectivity index (χ4n) is 1.91. The number of fused-ring (bicyclic) bond motifs is 1. The van der Waals surface area contributed by atoms with Crippen molar-refractivity contribution in [2.24, 2.45) is 0 Å². The molecule has 1 N–H and O–H groups in total. The molecule has 11 heavy (non-hydrogen) atoms. The third-order valence-electron chi connectivity index (χ3n) is 2.35. The van der Waals surface area contributed by atoms with E-state index in [9.17, 15) is 5.11 Å². The van der Waals surface area contributed by atoms with Crippen LogP contribution in [0.2, 0.25) is 0 Å². The second-order valence-corrected chi connectivity index (χ2v) is 3.78. The minimum atomic E-state index is -0.489. The van der Waals surface area contributed by atoms with E-state index in [4.69, 9.17) is 9.47 Å². The zero-order chi connectivity index (χ0) is 8.06. The lowest BCUT2D eigenvalue weighted by Crippen LogP contribution is -2.28. The van der Waals surface area contributed by atoms with Gasteiger partial charge in [0.2, 0.25) is 0 Å². The van der Waals surface area contributed by atoms with Gasteiger partial charge in [-0.1, -0.05) is 0 Å². The summed E-state index contributed by atoms with van der Waals surface area (Å²) in [5.41, 5.74) is 0. The largest absolute Gasteiger partial charge is 0.390 e. The van der Waals surface area contributed by atoms with Crippen molar-refractivity contribution in [3.63, 3.8) is 0 Å². The molecule has 0 spiro atoms. The quantitative estimate of drug-likeness (QED) is 0.563. The van der Waals surface area contributed by atoms with Crippen LogP contribution in [0.5, 0.6) is 0 Å². The monoisotopic (exact) mass is 158 g/mol. The lowest BCUT2D eigenvalue weighted by Gasteiger charge is -2.19. The van der Waals surface area contributed by atoms with Gasteiger partial charge < -0.3 is 14.6 Å². The SMILES string of the molecule is CC1(C)O[C@H]2[C@H](O)CC[C@H]2O1. The molecule has 3 nitrogen and oxygen atoms in total. The highest BCUT2D eigenvalue weighted by Crippen LogP contribution is 2.37. The van der Waals surface area contributed by atoms with Crippen molar-refractivity contribution >= 4 is 0 Å². The smallest absolute Gasteiger partial charge is 0.163 e. The molecule has 64 valence electrons. The van der Waals surface area contributed by atoms with Crippen molar-refractivity contribution in [3.8, 4) is 0 Å². The van der Waals surface area contributed by atoms with E-state index in [0.29, 0.717) is 0 Å². The number of hydrogen-bond acceptors (Lipinski definition) is 3. The standard InChI is InChI=1S/C8H14O3/c1-8(2)10-6-4-3-5(9)7(6)11-8/h5-7,9H,3-4H2,1-2H3/t5-,6-,7+/m1/s1. The lowest BCUT2D eigenvalue weighted by atomic mass is 10.2. The van der Waals surface area contributed by atoms with Crippen LogP contribution in [0.15, 0.2) is 0 Å². The Bertz CT molecular complexity index is 167. The molecule has 1 aliphatic heterocycles. The fourth-order valence-corrected chi connectivity index (χ4v) is 1.91. The summed E-state index contributed by atoms with van der Waals surface area (Å²) >= 11 is 0. The first-order chi connectivity index (χ1) is 5.08. The average molecular weight is 158 g/mol. The highest BCUT2D eigenvalue weighted by molar-refractivity contribution is 4.92. The molecule has 2 rings (SSSR count). The van der Waals surface area contributed by atoms with Crippen LogP contribution in [0.3, 0.4) is 0 Å². The molecular formula is C8H14O3. The molecule has 0 aromatic heterocycles. The van der Waals surface area contributed by atoms with Gasteiger partial charge in [0.15, 0.2) is 5.79 Å². The maximum absolute atomic E-state index is 9.43. The number of hydrogen-bond donors (Lipinski definition) is 1. The topological polar surface area (TPSA) is 38.7 Å². The molecule has 0 aromatic carbocycles. The highest BCUT2D eigenvalue weighted by atomic mass is 16.8. The molecule has 0 radical (unpaired) electrons. The molecule has 0 aromatic rings. The molecule has 2 fully saturated rings. The Morgan fingerprint density at radius 2 is 2.00 bits per heavy atom. The van der Waals surface area contributed by atoms with E-state index in [1.165, 1.54) is 0 Å². The molecule has 2 aliphatic rings. The average Bonchev–Trinajstić information content (AvgIpc) is 2.31. The first-order valence-electron chi connectivity index (χ1n) is 4.12. The Balaban J connectivity index is 2.10. The van der Waals surface area contributed by atoms with Gasteiger partial charge in [0, 0.05) is 0 Å². The zero-order valence-corrected chi connectivity index (χ0v) is 6.91. The Kier molecular flexibility index (Phi) is 1.50. The molecule has 1 saturated carbocycles. The Morgan fingerprint density at radius 3 is 2.64 bits per heavy atom. The van der Waals surface area contributed by atoms with E-state index >= 15 is 0 Å². The zero-order valence-electron chi connectivity index (χ0n) is 6.91. The normalized spacial score (nSPS) is 47.7. The van der Waals surface area contributed by atoms with Crippen molar-refractivity contribution in [1.82, 2.24) is 0 Å². The van der Waals surface area contributed by atoms with Crippen LogP contribution >= 0.6 is 0 Å². The molecule has 3 atom stereocenters. The van der Waals surface area contributed by atoms with Gasteiger partial charge in [0.1, 0.15) is 6.10 Å². The summed E-state index contributed by atoms with van der Waals surface area (Å²) in [6.07, 6.45) is 1.47. The third kappa shape index (κ3) is 1.17. The van der Waals surface area contributed by atoms with Crippen LogP contribution in [-0.2, 0) is 9.47 Å². The van der Waals surface area contributed by atoms with E-state index in [2.05, 4.69) is 0 Å². The van der Waals surface area contributed by atoms with Crippen LogP contribution in [0.25, 0.3) is 0 Å². The summed E-state index contributed by atoms with van der Waals surface area (Å²) in [5.74, 6) is -0.489. The summed E-state index contributed by atoms with van der Waals surface area (Å²) in [6.45, 7) is 3.77. The Hall–Kier alpha value is -0.120. The van der Waals surface area contributed by atoms with E-state index in [-0.39, 0.29) is 18.3 Å². The molecule has 0 bridgehead atoms. The maximum Gasteiger partial charge on any atom is 0.163 e. The number of aliphatic hydroxyl groups is 1. The first-order valence-corrected chi connectivity index (χ1v) is 4.12. The summed E-state index contributed by atoms with van der Waals surface area (Å²) in [6, 6.07) is 0. The van der Waals surface area contributed by atoms with E-state index in [1.807, 2.05) is 13.8 Å². The van der Waals surface area contributed by atoms with Gasteiger partial charge in [-0.2, -0.15) is 0 Å². The molecule has 1 aliphatic carbocycles. The molecule has 1 heterocycles. The fraction of sp³-hybridized carbons (Fsp3) is 1.00. The third-order valence-corrected chi connectivity index (χ3v) is 2.35. The van der Waals surface area contributed by atoms with Gasteiger partial charge in [0.05, 0.1) is 12.2 Å². The second-order valence-electron chi connectivity index (χ2n) is 3.78. The van der Waals surface area contributed by atoms with Crippen molar-refractivity contribution < 1.29 is 14.6 Å². The van der Waals surface area contributed by atoms with E-state index in [1.54, 1.807) is 0 Å². The Morgan fingerprint density at radius 1 is 1.27 bits per heavy atom. The first kappa shape index (κ1) is 7.53. The van der Waals surface area contributed by atoms with Crippen LogP contribution in [0.1, 0.15) is 26.7 Å². The van der Waals surface area contributed by atoms with Crippen molar-refractivity contribution in [1.29, 1.82) is 0 Å². The molecular weight excluding hydrogens is 144 g/mol. The maximum atomic E-state index is 9.43. The summed E-state index contributed by atoms with van der Waals surface area (Å²) in [7, 11) is 0. The number of ether oxygens (including phenoxy) is 2. The minimum absolute atomic E-state index is 0.0787. The van der Waals surface area contributed by atoms with Crippen LogP contribution in [0.4, 0.5) is 0 Å². The number of rotatable bonds is 0. The van der Waals surface area contributed by atoms with E-state index in [0.717, 1.165) is 12.8 Å². The molecule has 3 heteroatoms. The lowest BCUT2D eigenvalue weighted by molar-refractivity contribution is -0.161. The summed E-state index contributed by atoms with van der Waals surface area (Å²) in [5, 5.41) is 9.43. The van der Waals surface area contributed by atoms with Crippen molar-refractivity contribution in [2.45, 2.75) is 50.8 Å². The van der Waals surface area contributed by atoms with E-state index < -0.39 is 5.79 Å². The summed E-state index contributed by atoms with van der Waals surface area (Å²) < 4.78 is 11.1. The van der Waals surface area contributed by atoms with Crippen molar-refractivity contribution in [2.75, 3.05) is 0 Å². The van der Waals surface area contributed by atoms with Crippen LogP contribution in [-0.4, -0.2) is 29.2 Å². The van der Waals surface area contributed by atoms with Gasteiger partial charge >= 0.3 is 0 Å². The van der Waals surface area contributed by atoms with Crippen molar-refractivity contribution in [3.05, 3.63) is 0 Å². The number of aliphatic hydroxyl groups excluding tert-OH is 1. The minimum Gasteiger partial charge on any atom is -0.390 e.